The summed E-state index contributed by atoms with van der Waals surface area (Å²) in [6, 6.07) is 14.9. The number of carbonyl (C=O) groups is 2. The van der Waals surface area contributed by atoms with Gasteiger partial charge in [-0.2, -0.15) is 5.10 Å². The van der Waals surface area contributed by atoms with Crippen molar-refractivity contribution in [2.75, 3.05) is 32.1 Å². The highest BCUT2D eigenvalue weighted by molar-refractivity contribution is 9.10. The van der Waals surface area contributed by atoms with E-state index < -0.39 is 0 Å². The molecule has 0 aliphatic carbocycles. The van der Waals surface area contributed by atoms with Gasteiger partial charge in [0.25, 0.3) is 5.91 Å². The summed E-state index contributed by atoms with van der Waals surface area (Å²) in [6.07, 6.45) is 1.64. The summed E-state index contributed by atoms with van der Waals surface area (Å²) >= 11 is 4.89. The molecule has 1 aliphatic heterocycles. The van der Waals surface area contributed by atoms with E-state index in [0.29, 0.717) is 30.3 Å². The quantitative estimate of drug-likeness (QED) is 0.274. The van der Waals surface area contributed by atoms with Gasteiger partial charge in [0.2, 0.25) is 5.13 Å². The molecule has 0 radical (unpaired) electrons. The Morgan fingerprint density at radius 1 is 1.15 bits per heavy atom. The first kappa shape index (κ1) is 27.9. The number of benzene rings is 2. The Morgan fingerprint density at radius 3 is 2.62 bits per heavy atom. The van der Waals surface area contributed by atoms with Crippen LogP contribution in [-0.2, 0) is 0 Å². The molecule has 2 aromatic heterocycles. The van der Waals surface area contributed by atoms with Crippen LogP contribution in [0.15, 0.2) is 64.6 Å². The summed E-state index contributed by atoms with van der Waals surface area (Å²) in [4.78, 5) is 35.1. The molecule has 9 nitrogen and oxygen atoms in total. The van der Waals surface area contributed by atoms with Gasteiger partial charge in [-0.25, -0.2) is 14.5 Å². The Hall–Kier alpha value is -3.70. The van der Waals surface area contributed by atoms with Gasteiger partial charge in [-0.3, -0.25) is 4.79 Å². The van der Waals surface area contributed by atoms with E-state index in [-0.39, 0.29) is 23.9 Å². The molecule has 0 bridgehead atoms. The lowest BCUT2D eigenvalue weighted by molar-refractivity contribution is 0.0590. The summed E-state index contributed by atoms with van der Waals surface area (Å²) in [6.45, 7) is 7.38. The van der Waals surface area contributed by atoms with Crippen LogP contribution in [0.5, 0.6) is 5.75 Å². The van der Waals surface area contributed by atoms with Gasteiger partial charge >= 0.3 is 6.03 Å². The van der Waals surface area contributed by atoms with E-state index in [2.05, 4.69) is 26.3 Å². The highest BCUT2D eigenvalue weighted by Gasteiger charge is 2.33. The number of thiazole rings is 1. The molecular formula is C29H31BrN6O3S. The maximum absolute atomic E-state index is 13.7. The number of nitrogens with one attached hydrogen (secondary N) is 1. The van der Waals surface area contributed by atoms with Gasteiger partial charge in [0.05, 0.1) is 30.3 Å². The highest BCUT2D eigenvalue weighted by Crippen LogP contribution is 2.30. The van der Waals surface area contributed by atoms with Gasteiger partial charge < -0.3 is 19.9 Å². The van der Waals surface area contributed by atoms with Crippen LogP contribution in [0.25, 0.3) is 16.4 Å². The fraction of sp³-hybridized carbons (Fsp3) is 0.310. The Bertz CT molecular complexity index is 1520. The first-order chi connectivity index (χ1) is 19.2. The molecule has 1 fully saturated rings. The second-order valence-electron chi connectivity index (χ2n) is 9.99. The lowest BCUT2D eigenvalue weighted by atomic mass is 10.0. The second-order valence-corrected chi connectivity index (χ2v) is 11.7. The fourth-order valence-corrected chi connectivity index (χ4v) is 5.92. The second kappa shape index (κ2) is 11.8. The molecular weight excluding hydrogens is 592 g/mol. The van der Waals surface area contributed by atoms with E-state index in [0.717, 1.165) is 32.9 Å². The number of ether oxygens (including phenoxy) is 1. The smallest absolute Gasteiger partial charge is 0.322 e. The van der Waals surface area contributed by atoms with E-state index in [1.165, 1.54) is 11.3 Å². The van der Waals surface area contributed by atoms with E-state index >= 15 is 0 Å². The minimum Gasteiger partial charge on any atom is -0.497 e. The zero-order valence-corrected chi connectivity index (χ0v) is 25.2. The standard InChI is InChI=1S/C29H31BrN6O3S/c1-18(2)26-24(15-31-36(26)29-33-25(17-40-29)20-6-5-7-23(14-20)39-4)27(37)34-12-13-35(19(3)16-34)28(38)32-22-10-8-21(30)9-11-22/h5-11,14-15,17-19H,12-13,16H2,1-4H3,(H,32,38). The summed E-state index contributed by atoms with van der Waals surface area (Å²) in [7, 11) is 1.64. The van der Waals surface area contributed by atoms with Crippen LogP contribution in [0.4, 0.5) is 10.5 Å². The van der Waals surface area contributed by atoms with Gasteiger partial charge in [0, 0.05) is 46.8 Å². The average molecular weight is 624 g/mol. The van der Waals surface area contributed by atoms with Crippen LogP contribution in [0.2, 0.25) is 0 Å². The van der Waals surface area contributed by atoms with Crippen LogP contribution in [0, 0.1) is 0 Å². The molecule has 1 saturated heterocycles. The number of anilines is 1. The molecule has 11 heteroatoms. The number of halogens is 1. The third-order valence-corrected chi connectivity index (χ3v) is 8.24. The molecule has 5 rings (SSSR count). The molecule has 1 N–H and O–H groups in total. The molecule has 208 valence electrons. The van der Waals surface area contributed by atoms with Crippen molar-refractivity contribution in [2.24, 2.45) is 0 Å². The van der Waals surface area contributed by atoms with Crippen LogP contribution in [0.3, 0.4) is 0 Å². The lowest BCUT2D eigenvalue weighted by Crippen LogP contribution is -2.56. The molecule has 3 heterocycles. The van der Waals surface area contributed by atoms with Crippen molar-refractivity contribution >= 4 is 44.9 Å². The van der Waals surface area contributed by atoms with Crippen molar-refractivity contribution in [2.45, 2.75) is 32.7 Å². The molecule has 1 aliphatic rings. The number of rotatable bonds is 6. The van der Waals surface area contributed by atoms with Crippen molar-refractivity contribution in [1.29, 1.82) is 0 Å². The zero-order chi connectivity index (χ0) is 28.4. The van der Waals surface area contributed by atoms with Gasteiger partial charge in [0.15, 0.2) is 0 Å². The Morgan fingerprint density at radius 2 is 1.93 bits per heavy atom. The number of urea groups is 1. The van der Waals surface area contributed by atoms with Crippen LogP contribution in [-0.4, -0.2) is 69.3 Å². The van der Waals surface area contributed by atoms with Crippen molar-refractivity contribution < 1.29 is 14.3 Å². The van der Waals surface area contributed by atoms with Crippen molar-refractivity contribution in [3.8, 4) is 22.1 Å². The first-order valence-corrected chi connectivity index (χ1v) is 14.7. The van der Waals surface area contributed by atoms with Gasteiger partial charge in [0.1, 0.15) is 5.75 Å². The van der Waals surface area contributed by atoms with Crippen molar-refractivity contribution in [3.05, 3.63) is 75.8 Å². The van der Waals surface area contributed by atoms with Gasteiger partial charge in [-0.15, -0.1) is 11.3 Å². The van der Waals surface area contributed by atoms with Crippen LogP contribution >= 0.6 is 27.3 Å². The van der Waals surface area contributed by atoms with E-state index in [4.69, 9.17) is 9.72 Å². The van der Waals surface area contributed by atoms with Gasteiger partial charge in [-0.1, -0.05) is 41.9 Å². The number of nitrogens with zero attached hydrogens (tertiary/aromatic N) is 5. The van der Waals surface area contributed by atoms with Crippen molar-refractivity contribution in [3.63, 3.8) is 0 Å². The van der Waals surface area contributed by atoms with Crippen LogP contribution < -0.4 is 10.1 Å². The third kappa shape index (κ3) is 5.75. The molecule has 4 aromatic rings. The molecule has 40 heavy (non-hydrogen) atoms. The predicted octanol–water partition coefficient (Wildman–Crippen LogP) is 6.27. The summed E-state index contributed by atoms with van der Waals surface area (Å²) < 4.78 is 8.07. The third-order valence-electron chi connectivity index (χ3n) is 6.89. The molecule has 1 atom stereocenters. The molecule has 3 amide bonds. The summed E-state index contributed by atoms with van der Waals surface area (Å²) in [5.74, 6) is 0.724. The van der Waals surface area contributed by atoms with E-state index in [1.54, 1.807) is 22.9 Å². The number of aromatic nitrogens is 3. The molecule has 2 aromatic carbocycles. The zero-order valence-electron chi connectivity index (χ0n) is 22.8. The number of piperazine rings is 1. The summed E-state index contributed by atoms with van der Waals surface area (Å²) in [5, 5.41) is 10.2. The predicted molar refractivity (Wildman–Crippen MR) is 161 cm³/mol. The Balaban J connectivity index is 1.31. The topological polar surface area (TPSA) is 92.6 Å². The minimum atomic E-state index is -0.173. The number of carbonyl (C=O) groups excluding carboxylic acids is 2. The lowest BCUT2D eigenvalue weighted by Gasteiger charge is -2.39. The maximum atomic E-state index is 13.7. The van der Waals surface area contributed by atoms with Gasteiger partial charge in [-0.05, 0) is 49.2 Å². The van der Waals surface area contributed by atoms with E-state index in [1.807, 2.05) is 79.6 Å². The number of hydrogen-bond acceptors (Lipinski definition) is 6. The minimum absolute atomic E-state index is 0.0426. The number of hydrogen-bond donors (Lipinski definition) is 1. The molecule has 0 saturated carbocycles. The number of amides is 3. The first-order valence-electron chi connectivity index (χ1n) is 13.1. The molecule has 1 unspecified atom stereocenters. The molecule has 0 spiro atoms. The SMILES string of the molecule is COc1cccc(-c2csc(-n3ncc(C(=O)N4CCN(C(=O)Nc5ccc(Br)cc5)C(C)C4)c3C(C)C)n2)c1. The monoisotopic (exact) mass is 622 g/mol. The fourth-order valence-electron chi connectivity index (χ4n) is 4.85. The average Bonchev–Trinajstić information content (AvgIpc) is 3.62. The highest BCUT2D eigenvalue weighted by atomic mass is 79.9. The summed E-state index contributed by atoms with van der Waals surface area (Å²) in [5.41, 5.74) is 3.88. The maximum Gasteiger partial charge on any atom is 0.322 e. The normalized spacial score (nSPS) is 15.4. The number of methoxy groups -OCH3 is 1. The largest absolute Gasteiger partial charge is 0.497 e. The Kier molecular flexibility index (Phi) is 8.22. The van der Waals surface area contributed by atoms with E-state index in [9.17, 15) is 9.59 Å². The Labute approximate surface area is 245 Å². The van der Waals surface area contributed by atoms with Crippen LogP contribution in [0.1, 0.15) is 42.7 Å². The van der Waals surface area contributed by atoms with Crippen molar-refractivity contribution in [1.82, 2.24) is 24.6 Å².